The Bertz CT molecular complexity index is 726. The molecule has 23 heavy (non-hydrogen) atoms. The molecule has 0 spiro atoms. The van der Waals surface area contributed by atoms with E-state index >= 15 is 0 Å². The Labute approximate surface area is 135 Å². The summed E-state index contributed by atoms with van der Waals surface area (Å²) in [5.41, 5.74) is 10.1. The molecule has 0 aliphatic heterocycles. The highest BCUT2D eigenvalue weighted by atomic mass is 32.2. The van der Waals surface area contributed by atoms with Crippen molar-refractivity contribution in [2.45, 2.75) is 43.9 Å². The van der Waals surface area contributed by atoms with E-state index in [1.807, 2.05) is 13.8 Å². The van der Waals surface area contributed by atoms with E-state index < -0.39 is 38.0 Å². The summed E-state index contributed by atoms with van der Waals surface area (Å²) in [5.74, 6) is -2.79. The Hall–Kier alpha value is -1.96. The molecule has 1 amide bonds. The van der Waals surface area contributed by atoms with Crippen LogP contribution < -0.4 is 11.5 Å². The van der Waals surface area contributed by atoms with Gasteiger partial charge in [0.1, 0.15) is 4.90 Å². The van der Waals surface area contributed by atoms with Gasteiger partial charge in [-0.15, -0.1) is 0 Å². The number of hydrogen-bond donors (Lipinski definition) is 2. The van der Waals surface area contributed by atoms with Gasteiger partial charge >= 0.3 is 0 Å². The number of carbonyl (C=O) groups is 1. The van der Waals surface area contributed by atoms with E-state index in [4.69, 9.17) is 11.5 Å². The Kier molecular flexibility index (Phi) is 6.26. The molecule has 0 heterocycles. The van der Waals surface area contributed by atoms with Crippen LogP contribution in [0.1, 0.15) is 54.9 Å². The summed E-state index contributed by atoms with van der Waals surface area (Å²) in [4.78, 5) is 14.6. The minimum Gasteiger partial charge on any atom is -0.370 e. The molecule has 1 unspecified atom stereocenters. The van der Waals surface area contributed by atoms with Gasteiger partial charge in [0, 0.05) is 6.26 Å². The van der Waals surface area contributed by atoms with E-state index in [2.05, 4.69) is 4.99 Å². The fourth-order valence-corrected chi connectivity index (χ4v) is 3.48. The number of carbonyl (C=O) groups excluding carboxylic acids is 1. The zero-order valence-electron chi connectivity index (χ0n) is 13.5. The molecule has 0 saturated heterocycles. The van der Waals surface area contributed by atoms with Gasteiger partial charge in [0.2, 0.25) is 0 Å². The molecule has 0 aliphatic rings. The van der Waals surface area contributed by atoms with Crippen LogP contribution in [0, 0.1) is 5.82 Å². The molecule has 1 aromatic rings. The third-order valence-corrected chi connectivity index (χ3v) is 4.64. The Morgan fingerprint density at radius 3 is 2.43 bits per heavy atom. The van der Waals surface area contributed by atoms with Crippen molar-refractivity contribution in [3.63, 3.8) is 0 Å². The van der Waals surface area contributed by atoms with Crippen molar-refractivity contribution in [1.82, 2.24) is 0 Å². The third-order valence-electron chi connectivity index (χ3n) is 3.48. The number of nitrogens with two attached hydrogens (primary N) is 2. The van der Waals surface area contributed by atoms with E-state index in [-0.39, 0.29) is 5.92 Å². The van der Waals surface area contributed by atoms with Crippen molar-refractivity contribution in [3.8, 4) is 0 Å². The Morgan fingerprint density at radius 1 is 1.35 bits per heavy atom. The first-order chi connectivity index (χ1) is 10.6. The first-order valence-corrected chi connectivity index (χ1v) is 9.15. The maximum Gasteiger partial charge on any atom is 0.283 e. The molecular weight excluding hydrogens is 321 g/mol. The molecule has 6 nitrogen and oxygen atoms in total. The van der Waals surface area contributed by atoms with Crippen LogP contribution in [0.25, 0.3) is 0 Å². The Balaban J connectivity index is 3.50. The van der Waals surface area contributed by atoms with Crippen LogP contribution in [0.15, 0.2) is 22.0 Å². The van der Waals surface area contributed by atoms with E-state index in [9.17, 15) is 17.6 Å². The van der Waals surface area contributed by atoms with E-state index in [0.717, 1.165) is 25.5 Å². The standard InChI is InChI=1S/C15H22FN3O3S/c1-4-5-6-9(2)10-7-8-11(14(20)19-15(17)18)12(16)13(10)23(3,21)22/h7-9H,4-6H2,1-3H3,(H4,17,18,19,20). The topological polar surface area (TPSA) is 116 Å². The van der Waals surface area contributed by atoms with Crippen molar-refractivity contribution in [2.75, 3.05) is 6.26 Å². The number of sulfone groups is 1. The highest BCUT2D eigenvalue weighted by Crippen LogP contribution is 2.31. The summed E-state index contributed by atoms with van der Waals surface area (Å²) in [6.45, 7) is 3.85. The van der Waals surface area contributed by atoms with Crippen LogP contribution in [0.4, 0.5) is 4.39 Å². The number of amides is 1. The quantitative estimate of drug-likeness (QED) is 0.605. The number of hydrogen-bond acceptors (Lipinski definition) is 3. The van der Waals surface area contributed by atoms with Gasteiger partial charge in [-0.2, -0.15) is 4.99 Å². The minimum absolute atomic E-state index is 0.151. The molecule has 1 atom stereocenters. The van der Waals surface area contributed by atoms with E-state index in [1.165, 1.54) is 12.1 Å². The summed E-state index contributed by atoms with van der Waals surface area (Å²) in [7, 11) is -3.86. The second-order valence-electron chi connectivity index (χ2n) is 5.50. The number of nitrogens with zero attached hydrogens (tertiary/aromatic N) is 1. The smallest absolute Gasteiger partial charge is 0.283 e. The van der Waals surface area contributed by atoms with Crippen LogP contribution >= 0.6 is 0 Å². The van der Waals surface area contributed by atoms with Gasteiger partial charge < -0.3 is 11.5 Å². The average Bonchev–Trinajstić information content (AvgIpc) is 2.41. The molecule has 1 rings (SSSR count). The molecule has 0 radical (unpaired) electrons. The number of guanidine groups is 1. The molecule has 0 aromatic heterocycles. The molecule has 0 bridgehead atoms. The zero-order chi connectivity index (χ0) is 17.8. The summed E-state index contributed by atoms with van der Waals surface area (Å²) in [6.07, 6.45) is 3.47. The van der Waals surface area contributed by atoms with Crippen LogP contribution in [0.2, 0.25) is 0 Å². The van der Waals surface area contributed by atoms with Gasteiger partial charge in [0.15, 0.2) is 21.6 Å². The summed E-state index contributed by atoms with van der Waals surface area (Å²) in [6, 6.07) is 2.67. The largest absolute Gasteiger partial charge is 0.370 e. The number of halogens is 1. The lowest BCUT2D eigenvalue weighted by Gasteiger charge is -2.17. The first-order valence-electron chi connectivity index (χ1n) is 7.26. The van der Waals surface area contributed by atoms with Crippen molar-refractivity contribution in [3.05, 3.63) is 29.1 Å². The van der Waals surface area contributed by atoms with Gasteiger partial charge in [-0.05, 0) is 24.0 Å². The highest BCUT2D eigenvalue weighted by Gasteiger charge is 2.26. The number of rotatable bonds is 6. The number of unbranched alkanes of at least 4 members (excludes halogenated alkanes) is 1. The third kappa shape index (κ3) is 4.75. The van der Waals surface area contributed by atoms with Crippen molar-refractivity contribution < 1.29 is 17.6 Å². The minimum atomic E-state index is -3.86. The SMILES string of the molecule is CCCCC(C)c1ccc(C(=O)N=C(N)N)c(F)c1S(C)(=O)=O. The predicted molar refractivity (Wildman–Crippen MR) is 87.6 cm³/mol. The molecular formula is C15H22FN3O3S. The molecule has 1 aromatic carbocycles. The van der Waals surface area contributed by atoms with Gasteiger partial charge in [0.25, 0.3) is 5.91 Å². The van der Waals surface area contributed by atoms with Crippen molar-refractivity contribution in [2.24, 2.45) is 16.5 Å². The molecule has 0 saturated carbocycles. The molecule has 4 N–H and O–H groups in total. The normalized spacial score (nSPS) is 12.7. The van der Waals surface area contributed by atoms with Crippen LogP contribution in [-0.4, -0.2) is 26.5 Å². The van der Waals surface area contributed by atoms with E-state index in [0.29, 0.717) is 5.56 Å². The molecule has 128 valence electrons. The van der Waals surface area contributed by atoms with Crippen molar-refractivity contribution >= 4 is 21.7 Å². The summed E-state index contributed by atoms with van der Waals surface area (Å²) >= 11 is 0. The lowest BCUT2D eigenvalue weighted by Crippen LogP contribution is -2.24. The second-order valence-corrected chi connectivity index (χ2v) is 7.46. The van der Waals surface area contributed by atoms with Gasteiger partial charge in [-0.1, -0.05) is 32.8 Å². The van der Waals surface area contributed by atoms with Gasteiger partial charge in [-0.25, -0.2) is 12.8 Å². The number of benzene rings is 1. The Morgan fingerprint density at radius 2 is 1.96 bits per heavy atom. The molecule has 8 heteroatoms. The lowest BCUT2D eigenvalue weighted by atomic mass is 9.94. The number of aliphatic imine (C=N–C) groups is 1. The maximum atomic E-state index is 14.7. The fourth-order valence-electron chi connectivity index (χ4n) is 2.34. The lowest BCUT2D eigenvalue weighted by molar-refractivity contribution is 0.0998. The van der Waals surface area contributed by atoms with Crippen LogP contribution in [-0.2, 0) is 9.84 Å². The summed E-state index contributed by atoms with van der Waals surface area (Å²) < 4.78 is 38.7. The average molecular weight is 343 g/mol. The first kappa shape index (κ1) is 19.1. The summed E-state index contributed by atoms with van der Waals surface area (Å²) in [5, 5.41) is 0. The molecule has 0 aliphatic carbocycles. The maximum absolute atomic E-state index is 14.7. The molecule has 0 fully saturated rings. The predicted octanol–water partition coefficient (Wildman–Crippen LogP) is 1.94. The monoisotopic (exact) mass is 343 g/mol. The highest BCUT2D eigenvalue weighted by molar-refractivity contribution is 7.90. The van der Waals surface area contributed by atoms with Crippen LogP contribution in [0.5, 0.6) is 0 Å². The fraction of sp³-hybridized carbons (Fsp3) is 0.467. The van der Waals surface area contributed by atoms with E-state index in [1.54, 1.807) is 0 Å². The van der Waals surface area contributed by atoms with Gasteiger partial charge in [0.05, 0.1) is 5.56 Å². The van der Waals surface area contributed by atoms with Gasteiger partial charge in [-0.3, -0.25) is 4.79 Å². The van der Waals surface area contributed by atoms with Crippen LogP contribution in [0.3, 0.4) is 0 Å². The van der Waals surface area contributed by atoms with Crippen molar-refractivity contribution in [1.29, 1.82) is 0 Å². The second kappa shape index (κ2) is 7.54. The zero-order valence-corrected chi connectivity index (χ0v) is 14.3.